The van der Waals surface area contributed by atoms with Gasteiger partial charge in [-0.2, -0.15) is 0 Å². The average molecular weight is 760 g/mol. The summed E-state index contributed by atoms with van der Waals surface area (Å²) in [6.07, 6.45) is 0. The van der Waals surface area contributed by atoms with E-state index in [1.54, 1.807) is 0 Å². The average Bonchev–Trinajstić information content (AvgIpc) is 3.98. The number of hydrogen-bond donors (Lipinski definition) is 0. The van der Waals surface area contributed by atoms with Crippen LogP contribution in [-0.2, 0) is 0 Å². The van der Waals surface area contributed by atoms with E-state index < -0.39 is 0 Å². The summed E-state index contributed by atoms with van der Waals surface area (Å²) in [4.78, 5) is 2.44. The minimum atomic E-state index is 0.844. The van der Waals surface area contributed by atoms with Crippen LogP contribution in [0.1, 0.15) is 0 Å². The summed E-state index contributed by atoms with van der Waals surface area (Å²) in [5.41, 5.74) is 13.5. The second-order valence-electron chi connectivity index (χ2n) is 14.8. The number of anilines is 3. The van der Waals surface area contributed by atoms with Crippen LogP contribution in [0.4, 0.5) is 17.1 Å². The first kappa shape index (κ1) is 32.8. The van der Waals surface area contributed by atoms with Crippen molar-refractivity contribution in [3.8, 4) is 33.4 Å². The van der Waals surface area contributed by atoms with Crippen molar-refractivity contribution in [2.75, 3.05) is 4.90 Å². The van der Waals surface area contributed by atoms with E-state index in [4.69, 9.17) is 8.83 Å². The van der Waals surface area contributed by atoms with Crippen LogP contribution >= 0.6 is 11.3 Å². The van der Waals surface area contributed by atoms with Gasteiger partial charge in [-0.05, 0) is 82.4 Å². The molecule has 4 heteroatoms. The lowest BCUT2D eigenvalue weighted by Crippen LogP contribution is -2.11. The Morgan fingerprint density at radius 2 is 0.948 bits per heavy atom. The third kappa shape index (κ3) is 5.19. The van der Waals surface area contributed by atoms with Crippen molar-refractivity contribution < 1.29 is 8.83 Å². The van der Waals surface area contributed by atoms with Gasteiger partial charge in [-0.1, -0.05) is 140 Å². The molecule has 0 N–H and O–H groups in total. The normalized spacial score (nSPS) is 11.8. The van der Waals surface area contributed by atoms with Crippen molar-refractivity contribution in [1.82, 2.24) is 0 Å². The van der Waals surface area contributed by atoms with Gasteiger partial charge >= 0.3 is 0 Å². The number of hydrogen-bond acceptors (Lipinski definition) is 4. The highest BCUT2D eigenvalue weighted by Gasteiger charge is 2.26. The van der Waals surface area contributed by atoms with Gasteiger partial charge in [0.15, 0.2) is 0 Å². The SMILES string of the molecule is c1ccc(-c2ccc3c(c2)sc2cc(-c4ccccc4)cc(N(c4ccc5c(c4)oc4ccccc45)c4ccc(-c5ccccc5)c5oc6ccccc6c45)c23)cc1. The van der Waals surface area contributed by atoms with Crippen LogP contribution in [0.15, 0.2) is 209 Å². The minimum Gasteiger partial charge on any atom is -0.456 e. The van der Waals surface area contributed by atoms with E-state index in [1.165, 1.54) is 36.9 Å². The Bertz CT molecular complexity index is 3510. The number of fused-ring (bicyclic) bond motifs is 9. The minimum absolute atomic E-state index is 0.844. The zero-order chi connectivity index (χ0) is 38.2. The lowest BCUT2D eigenvalue weighted by atomic mass is 9.97. The molecule has 12 rings (SSSR count). The highest BCUT2D eigenvalue weighted by atomic mass is 32.1. The summed E-state index contributed by atoms with van der Waals surface area (Å²) in [6, 6.07) is 71.4. The molecule has 58 heavy (non-hydrogen) atoms. The van der Waals surface area contributed by atoms with Gasteiger partial charge in [0, 0.05) is 53.6 Å². The molecule has 0 amide bonds. The molecule has 0 saturated carbocycles. The summed E-state index contributed by atoms with van der Waals surface area (Å²) in [5, 5.41) is 6.76. The van der Waals surface area contributed by atoms with E-state index >= 15 is 0 Å². The molecule has 0 atom stereocenters. The predicted octanol–water partition coefficient (Wildman–Crippen LogP) is 16.3. The van der Waals surface area contributed by atoms with Gasteiger partial charge in [0.05, 0.1) is 16.8 Å². The highest BCUT2D eigenvalue weighted by molar-refractivity contribution is 7.26. The first-order valence-corrected chi connectivity index (χ1v) is 20.4. The maximum Gasteiger partial charge on any atom is 0.145 e. The van der Waals surface area contributed by atoms with Crippen molar-refractivity contribution in [1.29, 1.82) is 0 Å². The Morgan fingerprint density at radius 3 is 1.71 bits per heavy atom. The first-order valence-electron chi connectivity index (χ1n) is 19.6. The van der Waals surface area contributed by atoms with Crippen LogP contribution in [0.3, 0.4) is 0 Å². The van der Waals surface area contributed by atoms with Crippen molar-refractivity contribution in [2.45, 2.75) is 0 Å². The lowest BCUT2D eigenvalue weighted by molar-refractivity contribution is 0.669. The van der Waals surface area contributed by atoms with Crippen LogP contribution < -0.4 is 4.90 Å². The summed E-state index contributed by atoms with van der Waals surface area (Å²) in [6.45, 7) is 0. The molecule has 0 aliphatic carbocycles. The van der Waals surface area contributed by atoms with E-state index in [0.29, 0.717) is 0 Å². The van der Waals surface area contributed by atoms with Gasteiger partial charge in [0.2, 0.25) is 0 Å². The third-order valence-electron chi connectivity index (χ3n) is 11.5. The number of furan rings is 2. The smallest absolute Gasteiger partial charge is 0.145 e. The molecule has 0 fully saturated rings. The molecule has 0 saturated heterocycles. The Kier molecular flexibility index (Phi) is 7.40. The van der Waals surface area contributed by atoms with Crippen LogP contribution in [-0.4, -0.2) is 0 Å². The van der Waals surface area contributed by atoms with Crippen LogP contribution in [0.2, 0.25) is 0 Å². The van der Waals surface area contributed by atoms with Gasteiger partial charge in [-0.3, -0.25) is 0 Å². The maximum absolute atomic E-state index is 6.86. The topological polar surface area (TPSA) is 29.5 Å². The van der Waals surface area contributed by atoms with Crippen LogP contribution in [0.25, 0.3) is 97.4 Å². The highest BCUT2D eigenvalue weighted by Crippen LogP contribution is 2.51. The standard InChI is InChI=1S/C54H33NO2S/c1-4-14-34(15-5-1)37-24-26-44-50(31-37)58-51-32-38(35-16-6-2-7-17-35)30-46(52(44)51)55(39-25-27-42-41-20-10-12-22-47(41)56-49(42)33-39)45-29-28-40(36-18-8-3-9-19-36)54-53(45)43-21-11-13-23-48(43)57-54/h1-33H. The molecule has 0 aliphatic rings. The van der Waals surface area contributed by atoms with E-state index in [-0.39, 0.29) is 0 Å². The fourth-order valence-electron chi connectivity index (χ4n) is 8.77. The largest absolute Gasteiger partial charge is 0.456 e. The fraction of sp³-hybridized carbons (Fsp3) is 0. The number of rotatable bonds is 6. The predicted molar refractivity (Wildman–Crippen MR) is 245 cm³/mol. The summed E-state index contributed by atoms with van der Waals surface area (Å²) in [7, 11) is 0. The number of para-hydroxylation sites is 2. The molecule has 0 unspecified atom stereocenters. The van der Waals surface area contributed by atoms with Crippen LogP contribution in [0.5, 0.6) is 0 Å². The molecule has 0 radical (unpaired) electrons. The number of benzene rings is 9. The molecule has 272 valence electrons. The quantitative estimate of drug-likeness (QED) is 0.169. The Labute approximate surface area is 338 Å². The molecule has 0 bridgehead atoms. The number of nitrogens with zero attached hydrogens (tertiary/aromatic N) is 1. The van der Waals surface area contributed by atoms with E-state index in [9.17, 15) is 0 Å². The second-order valence-corrected chi connectivity index (χ2v) is 15.9. The Hall–Kier alpha value is -7.40. The Balaban J connectivity index is 1.21. The summed E-state index contributed by atoms with van der Waals surface area (Å²) in [5.74, 6) is 0. The monoisotopic (exact) mass is 759 g/mol. The van der Waals surface area contributed by atoms with E-state index in [0.717, 1.165) is 77.6 Å². The fourth-order valence-corrected chi connectivity index (χ4v) is 9.98. The van der Waals surface area contributed by atoms with Crippen molar-refractivity contribution >= 4 is 92.4 Å². The van der Waals surface area contributed by atoms with E-state index in [2.05, 4.69) is 187 Å². The van der Waals surface area contributed by atoms with E-state index in [1.807, 2.05) is 29.5 Å². The third-order valence-corrected chi connectivity index (χ3v) is 12.6. The first-order chi connectivity index (χ1) is 28.7. The maximum atomic E-state index is 6.86. The molecule has 3 nitrogen and oxygen atoms in total. The van der Waals surface area contributed by atoms with Gasteiger partial charge < -0.3 is 13.7 Å². The molecule has 0 aliphatic heterocycles. The van der Waals surface area contributed by atoms with Gasteiger partial charge in [0.25, 0.3) is 0 Å². The summed E-state index contributed by atoms with van der Waals surface area (Å²) >= 11 is 1.85. The molecule has 3 aromatic heterocycles. The van der Waals surface area contributed by atoms with Gasteiger partial charge in [-0.25, -0.2) is 0 Å². The molecular formula is C54H33NO2S. The van der Waals surface area contributed by atoms with Gasteiger partial charge in [0.1, 0.15) is 22.3 Å². The van der Waals surface area contributed by atoms with Crippen molar-refractivity contribution in [2.24, 2.45) is 0 Å². The Morgan fingerprint density at radius 1 is 0.345 bits per heavy atom. The molecule has 3 heterocycles. The molecular weight excluding hydrogens is 727 g/mol. The molecule has 12 aromatic rings. The van der Waals surface area contributed by atoms with Crippen molar-refractivity contribution in [3.05, 3.63) is 200 Å². The lowest BCUT2D eigenvalue weighted by Gasteiger charge is -2.28. The number of thiophene rings is 1. The van der Waals surface area contributed by atoms with Gasteiger partial charge in [-0.15, -0.1) is 11.3 Å². The zero-order valence-electron chi connectivity index (χ0n) is 31.2. The summed E-state index contributed by atoms with van der Waals surface area (Å²) < 4.78 is 15.9. The zero-order valence-corrected chi connectivity index (χ0v) is 32.0. The molecule has 9 aromatic carbocycles. The second kappa shape index (κ2) is 13.1. The van der Waals surface area contributed by atoms with Crippen LogP contribution in [0, 0.1) is 0 Å². The molecule has 0 spiro atoms. The van der Waals surface area contributed by atoms with Crippen molar-refractivity contribution in [3.63, 3.8) is 0 Å².